The summed E-state index contributed by atoms with van der Waals surface area (Å²) in [5.41, 5.74) is -1.18. The number of unbranched alkanes of at least 4 members (excludes halogenated alkanes) is 1. The van der Waals surface area contributed by atoms with Crippen molar-refractivity contribution in [3.8, 4) is 0 Å². The molecule has 21 heavy (non-hydrogen) atoms. The lowest BCUT2D eigenvalue weighted by Gasteiger charge is -2.10. The number of nitrogens with one attached hydrogen (secondary N) is 1. The van der Waals surface area contributed by atoms with Crippen LogP contribution >= 0.6 is 11.6 Å². The summed E-state index contributed by atoms with van der Waals surface area (Å²) in [5, 5.41) is 10.7. The van der Waals surface area contributed by atoms with Gasteiger partial charge in [-0.05, 0) is 31.0 Å². The highest BCUT2D eigenvalue weighted by molar-refractivity contribution is 6.31. The molecule has 0 spiro atoms. The molecule has 0 heterocycles. The first-order chi connectivity index (χ1) is 9.70. The predicted molar refractivity (Wildman–Crippen MR) is 70.3 cm³/mol. The van der Waals surface area contributed by atoms with Gasteiger partial charge in [-0.25, -0.2) is 0 Å². The number of alkyl halides is 3. The molecule has 0 fully saturated rings. The number of hydrogen-bond acceptors (Lipinski definition) is 2. The molecule has 1 aromatic carbocycles. The second-order valence-electron chi connectivity index (χ2n) is 4.33. The van der Waals surface area contributed by atoms with Crippen LogP contribution in [0.4, 0.5) is 13.2 Å². The van der Waals surface area contributed by atoms with Crippen molar-refractivity contribution in [1.82, 2.24) is 5.32 Å². The third-order valence-corrected chi connectivity index (χ3v) is 2.81. The van der Waals surface area contributed by atoms with Crippen molar-refractivity contribution in [2.24, 2.45) is 0 Å². The topological polar surface area (TPSA) is 66.4 Å². The van der Waals surface area contributed by atoms with Crippen LogP contribution in [0.1, 0.15) is 35.2 Å². The number of carboxylic acids is 1. The zero-order chi connectivity index (χ0) is 16.0. The molecule has 1 amide bonds. The lowest BCUT2D eigenvalue weighted by atomic mass is 10.1. The molecule has 0 aliphatic carbocycles. The fourth-order valence-corrected chi connectivity index (χ4v) is 1.82. The summed E-state index contributed by atoms with van der Waals surface area (Å²) in [7, 11) is 0. The molecular weight excluding hydrogens is 311 g/mol. The maximum Gasteiger partial charge on any atom is 0.416 e. The Morgan fingerprint density at radius 1 is 1.19 bits per heavy atom. The summed E-state index contributed by atoms with van der Waals surface area (Å²) in [5.74, 6) is -1.62. The minimum atomic E-state index is -4.58. The maximum atomic E-state index is 12.6. The van der Waals surface area contributed by atoms with Crippen LogP contribution in [0, 0.1) is 0 Å². The molecule has 1 aromatic rings. The summed E-state index contributed by atoms with van der Waals surface area (Å²) >= 11 is 5.57. The Bertz CT molecular complexity index is 532. The Kier molecular flexibility index (Phi) is 6.02. The molecule has 1 rings (SSSR count). The third-order valence-electron chi connectivity index (χ3n) is 2.59. The van der Waals surface area contributed by atoms with Crippen molar-refractivity contribution in [2.45, 2.75) is 25.4 Å². The number of rotatable bonds is 6. The Balaban J connectivity index is 2.62. The van der Waals surface area contributed by atoms with E-state index in [-0.39, 0.29) is 23.6 Å². The number of carboxylic acid groups (broad SMARTS) is 1. The molecule has 0 aromatic heterocycles. The van der Waals surface area contributed by atoms with E-state index in [1.54, 1.807) is 0 Å². The van der Waals surface area contributed by atoms with Crippen LogP contribution < -0.4 is 5.32 Å². The molecule has 0 bridgehead atoms. The molecule has 0 saturated heterocycles. The smallest absolute Gasteiger partial charge is 0.416 e. The van der Waals surface area contributed by atoms with Crippen molar-refractivity contribution < 1.29 is 27.9 Å². The summed E-state index contributed by atoms with van der Waals surface area (Å²) in [6, 6.07) is 2.60. The molecular formula is C13H13ClF3NO3. The van der Waals surface area contributed by atoms with E-state index < -0.39 is 23.6 Å². The summed E-state index contributed by atoms with van der Waals surface area (Å²) < 4.78 is 37.8. The summed E-state index contributed by atoms with van der Waals surface area (Å²) in [6.45, 7) is 0.181. The largest absolute Gasteiger partial charge is 0.481 e. The average Bonchev–Trinajstić information content (AvgIpc) is 2.36. The maximum absolute atomic E-state index is 12.6. The van der Waals surface area contributed by atoms with E-state index in [0.717, 1.165) is 18.2 Å². The number of carbonyl (C=O) groups excluding carboxylic acids is 1. The van der Waals surface area contributed by atoms with Crippen LogP contribution in [0.5, 0.6) is 0 Å². The normalized spacial score (nSPS) is 11.2. The van der Waals surface area contributed by atoms with Crippen LogP contribution in [0.2, 0.25) is 5.02 Å². The molecule has 8 heteroatoms. The van der Waals surface area contributed by atoms with Crippen molar-refractivity contribution in [1.29, 1.82) is 0 Å². The number of benzene rings is 1. The van der Waals surface area contributed by atoms with Gasteiger partial charge in [0, 0.05) is 23.6 Å². The predicted octanol–water partition coefficient (Wildman–Crippen LogP) is 3.34. The second kappa shape index (κ2) is 7.31. The van der Waals surface area contributed by atoms with E-state index in [1.165, 1.54) is 0 Å². The summed E-state index contributed by atoms with van der Waals surface area (Å²) in [6.07, 6.45) is -3.81. The quantitative estimate of drug-likeness (QED) is 0.789. The van der Waals surface area contributed by atoms with E-state index >= 15 is 0 Å². The minimum Gasteiger partial charge on any atom is -0.481 e. The average molecular weight is 324 g/mol. The van der Waals surface area contributed by atoms with E-state index in [0.29, 0.717) is 12.8 Å². The zero-order valence-corrected chi connectivity index (χ0v) is 11.6. The van der Waals surface area contributed by atoms with E-state index in [2.05, 4.69) is 5.32 Å². The number of carbonyl (C=O) groups is 2. The molecule has 0 saturated carbocycles. The number of halogens is 4. The highest BCUT2D eigenvalue weighted by atomic mass is 35.5. The van der Waals surface area contributed by atoms with E-state index in [4.69, 9.17) is 16.7 Å². The van der Waals surface area contributed by atoms with E-state index in [1.807, 2.05) is 0 Å². The van der Waals surface area contributed by atoms with Gasteiger partial charge >= 0.3 is 12.1 Å². The van der Waals surface area contributed by atoms with Gasteiger partial charge in [-0.15, -0.1) is 0 Å². The van der Waals surface area contributed by atoms with Crippen molar-refractivity contribution in [2.75, 3.05) is 6.54 Å². The second-order valence-corrected chi connectivity index (χ2v) is 4.77. The van der Waals surface area contributed by atoms with Crippen LogP contribution in [0.25, 0.3) is 0 Å². The minimum absolute atomic E-state index is 0.0226. The fourth-order valence-electron chi connectivity index (χ4n) is 1.59. The van der Waals surface area contributed by atoms with Crippen molar-refractivity contribution >= 4 is 23.5 Å². The summed E-state index contributed by atoms with van der Waals surface area (Å²) in [4.78, 5) is 22.0. The molecule has 0 atom stereocenters. The van der Waals surface area contributed by atoms with Crippen molar-refractivity contribution in [3.05, 3.63) is 34.3 Å². The highest BCUT2D eigenvalue weighted by Gasteiger charge is 2.31. The SMILES string of the molecule is O=C(O)CCCCNC(=O)c1cc(Cl)cc(C(F)(F)F)c1. The van der Waals surface area contributed by atoms with Gasteiger partial charge in [-0.2, -0.15) is 13.2 Å². The molecule has 2 N–H and O–H groups in total. The number of hydrogen-bond donors (Lipinski definition) is 2. The first kappa shape index (κ1) is 17.3. The molecule has 116 valence electrons. The van der Waals surface area contributed by atoms with Crippen LogP contribution in [0.15, 0.2) is 18.2 Å². The third kappa shape index (κ3) is 6.03. The van der Waals surface area contributed by atoms with Gasteiger partial charge in [0.05, 0.1) is 5.56 Å². The van der Waals surface area contributed by atoms with Crippen LogP contribution in [0.3, 0.4) is 0 Å². The molecule has 0 aliphatic heterocycles. The lowest BCUT2D eigenvalue weighted by molar-refractivity contribution is -0.138. The Morgan fingerprint density at radius 3 is 2.43 bits per heavy atom. The van der Waals surface area contributed by atoms with Gasteiger partial charge in [-0.3, -0.25) is 9.59 Å². The van der Waals surface area contributed by atoms with Gasteiger partial charge in [0.1, 0.15) is 0 Å². The van der Waals surface area contributed by atoms with Gasteiger partial charge in [0.15, 0.2) is 0 Å². The van der Waals surface area contributed by atoms with Gasteiger partial charge in [0.2, 0.25) is 0 Å². The van der Waals surface area contributed by atoms with E-state index in [9.17, 15) is 22.8 Å². The monoisotopic (exact) mass is 323 g/mol. The fraction of sp³-hybridized carbons (Fsp3) is 0.385. The van der Waals surface area contributed by atoms with Gasteiger partial charge in [-0.1, -0.05) is 11.6 Å². The van der Waals surface area contributed by atoms with Gasteiger partial charge in [0.25, 0.3) is 5.91 Å². The highest BCUT2D eigenvalue weighted by Crippen LogP contribution is 2.31. The molecule has 0 radical (unpaired) electrons. The molecule has 0 aliphatic rings. The molecule has 4 nitrogen and oxygen atoms in total. The van der Waals surface area contributed by atoms with Gasteiger partial charge < -0.3 is 10.4 Å². The first-order valence-electron chi connectivity index (χ1n) is 6.08. The Labute approximate surface area is 123 Å². The first-order valence-corrected chi connectivity index (χ1v) is 6.45. The standard InChI is InChI=1S/C13H13ClF3NO3/c14-10-6-8(5-9(7-10)13(15,16)17)12(21)18-4-2-1-3-11(19)20/h5-7H,1-4H2,(H,18,21)(H,19,20). The Hall–Kier alpha value is -1.76. The van der Waals surface area contributed by atoms with Crippen molar-refractivity contribution in [3.63, 3.8) is 0 Å². The molecule has 0 unspecified atom stereocenters. The number of aliphatic carboxylic acids is 1. The zero-order valence-electron chi connectivity index (χ0n) is 10.8. The van der Waals surface area contributed by atoms with Crippen LogP contribution in [-0.4, -0.2) is 23.5 Å². The van der Waals surface area contributed by atoms with Crippen LogP contribution in [-0.2, 0) is 11.0 Å². The lowest BCUT2D eigenvalue weighted by Crippen LogP contribution is -2.25. The number of amides is 1. The Morgan fingerprint density at radius 2 is 1.86 bits per heavy atom.